The van der Waals surface area contributed by atoms with Crippen LogP contribution in [0.4, 0.5) is 5.69 Å². The van der Waals surface area contributed by atoms with Crippen LogP contribution < -0.4 is 10.7 Å². The molecule has 0 saturated carbocycles. The second-order valence-electron chi connectivity index (χ2n) is 7.29. The van der Waals surface area contributed by atoms with Gasteiger partial charge in [0.2, 0.25) is 0 Å². The molecule has 6 nitrogen and oxygen atoms in total. The zero-order chi connectivity index (χ0) is 20.5. The number of hydrogen-bond acceptors (Lipinski definition) is 5. The van der Waals surface area contributed by atoms with Gasteiger partial charge in [0, 0.05) is 36.1 Å². The molecule has 0 radical (unpaired) electrons. The van der Waals surface area contributed by atoms with Crippen molar-refractivity contribution in [3.05, 3.63) is 81.8 Å². The minimum absolute atomic E-state index is 0.0509. The Bertz CT molecular complexity index is 1240. The van der Waals surface area contributed by atoms with E-state index in [1.165, 1.54) is 6.07 Å². The fraction of sp³-hybridized carbons (Fsp3) is 0.217. The number of nitrogens with zero attached hydrogens (tertiary/aromatic N) is 2. The molecule has 0 fully saturated rings. The SMILES string of the molecule is Cc1cc([C@@H](C)Nc2ccccc2CO)c2oc(-c3cnn(C)c3)cc(=O)c2c1. The van der Waals surface area contributed by atoms with Crippen LogP contribution in [0.25, 0.3) is 22.3 Å². The molecule has 0 amide bonds. The second-order valence-corrected chi connectivity index (χ2v) is 7.29. The summed E-state index contributed by atoms with van der Waals surface area (Å²) in [6.07, 6.45) is 3.49. The number of benzene rings is 2. The Balaban J connectivity index is 1.84. The van der Waals surface area contributed by atoms with E-state index in [0.717, 1.165) is 27.9 Å². The highest BCUT2D eigenvalue weighted by Gasteiger charge is 2.17. The lowest BCUT2D eigenvalue weighted by molar-refractivity contribution is 0.282. The summed E-state index contributed by atoms with van der Waals surface area (Å²) < 4.78 is 7.87. The third-order valence-electron chi connectivity index (χ3n) is 5.02. The number of aromatic nitrogens is 2. The van der Waals surface area contributed by atoms with Gasteiger partial charge in [-0.25, -0.2) is 0 Å². The summed E-state index contributed by atoms with van der Waals surface area (Å²) >= 11 is 0. The van der Waals surface area contributed by atoms with Gasteiger partial charge in [0.25, 0.3) is 0 Å². The van der Waals surface area contributed by atoms with Crippen LogP contribution in [0.2, 0.25) is 0 Å². The van der Waals surface area contributed by atoms with E-state index < -0.39 is 0 Å². The van der Waals surface area contributed by atoms with Crippen molar-refractivity contribution in [2.75, 3.05) is 5.32 Å². The number of hydrogen-bond donors (Lipinski definition) is 2. The first-order valence-corrected chi connectivity index (χ1v) is 9.49. The van der Waals surface area contributed by atoms with Crippen molar-refractivity contribution in [3.8, 4) is 11.3 Å². The van der Waals surface area contributed by atoms with Gasteiger partial charge in [-0.3, -0.25) is 9.48 Å². The number of para-hydroxylation sites is 1. The van der Waals surface area contributed by atoms with Crippen LogP contribution in [0.15, 0.2) is 64.1 Å². The van der Waals surface area contributed by atoms with Crippen molar-refractivity contribution < 1.29 is 9.52 Å². The average molecular weight is 389 g/mol. The minimum atomic E-state index is -0.141. The highest BCUT2D eigenvalue weighted by Crippen LogP contribution is 2.31. The summed E-state index contributed by atoms with van der Waals surface area (Å²) in [7, 11) is 1.82. The average Bonchev–Trinajstić information content (AvgIpc) is 3.14. The van der Waals surface area contributed by atoms with Crippen LogP contribution in [0.3, 0.4) is 0 Å². The smallest absolute Gasteiger partial charge is 0.193 e. The number of anilines is 1. The van der Waals surface area contributed by atoms with Gasteiger partial charge in [-0.15, -0.1) is 0 Å². The molecule has 2 heterocycles. The zero-order valence-electron chi connectivity index (χ0n) is 16.6. The predicted molar refractivity (Wildman–Crippen MR) is 114 cm³/mol. The van der Waals surface area contributed by atoms with Gasteiger partial charge in [-0.2, -0.15) is 5.10 Å². The van der Waals surface area contributed by atoms with E-state index in [4.69, 9.17) is 4.42 Å². The fourth-order valence-corrected chi connectivity index (χ4v) is 3.56. The molecule has 2 N–H and O–H groups in total. The van der Waals surface area contributed by atoms with Crippen molar-refractivity contribution in [2.45, 2.75) is 26.5 Å². The lowest BCUT2D eigenvalue weighted by atomic mass is 10.0. The normalized spacial score (nSPS) is 12.3. The van der Waals surface area contributed by atoms with Crippen LogP contribution >= 0.6 is 0 Å². The van der Waals surface area contributed by atoms with Gasteiger partial charge in [0.05, 0.1) is 29.8 Å². The lowest BCUT2D eigenvalue weighted by Gasteiger charge is -2.19. The first kappa shape index (κ1) is 19.0. The molecule has 1 atom stereocenters. The Morgan fingerprint density at radius 1 is 1.24 bits per heavy atom. The van der Waals surface area contributed by atoms with Gasteiger partial charge in [-0.05, 0) is 31.5 Å². The number of fused-ring (bicyclic) bond motifs is 1. The van der Waals surface area contributed by atoms with Crippen LogP contribution in [0, 0.1) is 6.92 Å². The highest BCUT2D eigenvalue weighted by molar-refractivity contribution is 5.83. The zero-order valence-corrected chi connectivity index (χ0v) is 16.6. The summed E-state index contributed by atoms with van der Waals surface area (Å²) in [5, 5.41) is 17.8. The van der Waals surface area contributed by atoms with E-state index in [1.54, 1.807) is 10.9 Å². The molecule has 0 spiro atoms. The van der Waals surface area contributed by atoms with Crippen molar-refractivity contribution in [3.63, 3.8) is 0 Å². The first-order valence-electron chi connectivity index (χ1n) is 9.49. The number of aryl methyl sites for hydroxylation is 2. The summed E-state index contributed by atoms with van der Waals surface area (Å²) in [5.41, 5.74) is 4.76. The van der Waals surface area contributed by atoms with Crippen molar-refractivity contribution in [1.82, 2.24) is 9.78 Å². The van der Waals surface area contributed by atoms with Gasteiger partial charge >= 0.3 is 0 Å². The molecule has 2 aromatic carbocycles. The van der Waals surface area contributed by atoms with Crippen LogP contribution in [0.1, 0.15) is 29.7 Å². The maximum Gasteiger partial charge on any atom is 0.193 e. The number of nitrogens with one attached hydrogen (secondary N) is 1. The van der Waals surface area contributed by atoms with E-state index >= 15 is 0 Å². The number of aliphatic hydroxyl groups is 1. The third kappa shape index (κ3) is 3.67. The molecule has 148 valence electrons. The Hall–Kier alpha value is -3.38. The number of aliphatic hydroxyl groups excluding tert-OH is 1. The molecule has 2 aromatic heterocycles. The second kappa shape index (κ2) is 7.56. The molecule has 6 heteroatoms. The van der Waals surface area contributed by atoms with E-state index in [2.05, 4.69) is 10.4 Å². The van der Waals surface area contributed by atoms with Crippen LogP contribution in [-0.2, 0) is 13.7 Å². The van der Waals surface area contributed by atoms with Crippen LogP contribution in [-0.4, -0.2) is 14.9 Å². The van der Waals surface area contributed by atoms with Crippen LogP contribution in [0.5, 0.6) is 0 Å². The largest absolute Gasteiger partial charge is 0.455 e. The monoisotopic (exact) mass is 389 g/mol. The van der Waals surface area contributed by atoms with E-state index in [1.807, 2.05) is 63.5 Å². The molecule has 29 heavy (non-hydrogen) atoms. The first-order chi connectivity index (χ1) is 14.0. The van der Waals surface area contributed by atoms with Gasteiger partial charge in [-0.1, -0.05) is 24.3 Å². The maximum absolute atomic E-state index is 12.8. The molecule has 4 aromatic rings. The summed E-state index contributed by atoms with van der Waals surface area (Å²) in [5.74, 6) is 0.490. The summed E-state index contributed by atoms with van der Waals surface area (Å²) in [6, 6.07) is 12.9. The molecule has 0 saturated heterocycles. The molecule has 0 aliphatic rings. The summed E-state index contributed by atoms with van der Waals surface area (Å²) in [6.45, 7) is 3.93. The van der Waals surface area contributed by atoms with Crippen molar-refractivity contribution in [2.24, 2.45) is 7.05 Å². The third-order valence-corrected chi connectivity index (χ3v) is 5.02. The molecule has 0 aliphatic heterocycles. The van der Waals surface area contributed by atoms with E-state index in [9.17, 15) is 9.90 Å². The van der Waals surface area contributed by atoms with Crippen molar-refractivity contribution in [1.29, 1.82) is 0 Å². The fourth-order valence-electron chi connectivity index (χ4n) is 3.56. The minimum Gasteiger partial charge on any atom is -0.455 e. The molecule has 0 aliphatic carbocycles. The van der Waals surface area contributed by atoms with Gasteiger partial charge < -0.3 is 14.8 Å². The van der Waals surface area contributed by atoms with E-state index in [-0.39, 0.29) is 18.1 Å². The molecule has 0 unspecified atom stereocenters. The Morgan fingerprint density at radius 3 is 2.76 bits per heavy atom. The van der Waals surface area contributed by atoms with Crippen molar-refractivity contribution >= 4 is 16.7 Å². The Kier molecular flexibility index (Phi) is 4.94. The Morgan fingerprint density at radius 2 is 2.03 bits per heavy atom. The van der Waals surface area contributed by atoms with E-state index in [0.29, 0.717) is 16.7 Å². The highest BCUT2D eigenvalue weighted by atomic mass is 16.3. The summed E-state index contributed by atoms with van der Waals surface area (Å²) in [4.78, 5) is 12.8. The topological polar surface area (TPSA) is 80.3 Å². The molecular formula is C23H23N3O3. The van der Waals surface area contributed by atoms with Gasteiger partial charge in [0.1, 0.15) is 11.3 Å². The number of rotatable bonds is 5. The molecule has 4 rings (SSSR count). The lowest BCUT2D eigenvalue weighted by Crippen LogP contribution is -2.11. The Labute approximate surface area is 168 Å². The standard InChI is InChI=1S/C23H23N3O3/c1-14-8-18(15(2)25-20-7-5-4-6-16(20)13-27)23-19(9-14)21(28)10-22(29-23)17-11-24-26(3)12-17/h4-12,15,25,27H,13H2,1-3H3/t15-/m1/s1. The van der Waals surface area contributed by atoms with Gasteiger partial charge in [0.15, 0.2) is 5.43 Å². The molecule has 0 bridgehead atoms. The molecular weight excluding hydrogens is 366 g/mol. The predicted octanol–water partition coefficient (Wildman–Crippen LogP) is 4.17. The quantitative estimate of drug-likeness (QED) is 0.536. The maximum atomic E-state index is 12.8.